The van der Waals surface area contributed by atoms with E-state index in [9.17, 15) is 0 Å². The summed E-state index contributed by atoms with van der Waals surface area (Å²) in [5.74, 6) is 0.718. The fraction of sp³-hybridized carbons (Fsp3) is 0.0455. The zero-order valence-electron chi connectivity index (χ0n) is 26.9. The molecular weight excluding hydrogens is 711 g/mol. The SMILES string of the molecule is CCn1c2ccccc2c2ccc3ccc(-c4cccc(-c5cccc(-c6nc(C7=CC=IC=C7)cc(-c7ccccc7)n6)c5)c4)nc3c21. The molecule has 9 rings (SSSR count). The first kappa shape index (κ1) is 29.6. The Hall–Kier alpha value is -5.53. The van der Waals surface area contributed by atoms with E-state index < -0.39 is 0 Å². The first-order valence-corrected chi connectivity index (χ1v) is 19.0. The second-order valence-electron chi connectivity index (χ2n) is 12.1. The van der Waals surface area contributed by atoms with E-state index in [-0.39, 0.29) is 20.7 Å². The van der Waals surface area contributed by atoms with Crippen LogP contribution in [0.15, 0.2) is 150 Å². The lowest BCUT2D eigenvalue weighted by Crippen LogP contribution is -1.98. The number of hydrogen-bond acceptors (Lipinski definition) is 3. The Morgan fingerprint density at radius 3 is 2.10 bits per heavy atom. The van der Waals surface area contributed by atoms with E-state index in [0.29, 0.717) is 0 Å². The van der Waals surface area contributed by atoms with Crippen molar-refractivity contribution < 1.29 is 0 Å². The normalized spacial score (nSPS) is 12.8. The van der Waals surface area contributed by atoms with Crippen molar-refractivity contribution in [1.29, 1.82) is 0 Å². The smallest absolute Gasteiger partial charge is 0.160 e. The lowest BCUT2D eigenvalue weighted by atomic mass is 9.99. The maximum absolute atomic E-state index is 5.32. The minimum absolute atomic E-state index is 0.0157. The van der Waals surface area contributed by atoms with Gasteiger partial charge in [-0.2, -0.15) is 0 Å². The molecule has 5 heteroatoms. The maximum Gasteiger partial charge on any atom is 0.160 e. The van der Waals surface area contributed by atoms with Crippen LogP contribution >= 0.6 is 20.7 Å². The van der Waals surface area contributed by atoms with Gasteiger partial charge in [0.1, 0.15) is 0 Å². The maximum atomic E-state index is 5.32. The molecule has 5 aromatic carbocycles. The number of fused-ring (bicyclic) bond motifs is 5. The van der Waals surface area contributed by atoms with Crippen molar-refractivity contribution in [2.75, 3.05) is 0 Å². The highest BCUT2D eigenvalue weighted by molar-refractivity contribution is 14.2. The third kappa shape index (κ3) is 5.40. The summed E-state index contributed by atoms with van der Waals surface area (Å²) in [6.07, 6.45) is 4.40. The average Bonchev–Trinajstić information content (AvgIpc) is 3.52. The molecule has 0 radical (unpaired) electrons. The van der Waals surface area contributed by atoms with Gasteiger partial charge in [-0.3, -0.25) is 0 Å². The summed E-state index contributed by atoms with van der Waals surface area (Å²) in [7, 11) is 0. The number of nitrogens with zero attached hydrogens (tertiary/aromatic N) is 4. The molecule has 0 bridgehead atoms. The van der Waals surface area contributed by atoms with E-state index >= 15 is 0 Å². The molecule has 4 nitrogen and oxygen atoms in total. The molecule has 0 unspecified atom stereocenters. The quantitative estimate of drug-likeness (QED) is 0.159. The fourth-order valence-corrected chi connectivity index (χ4v) is 8.29. The molecule has 1 aliphatic rings. The first-order valence-electron chi connectivity index (χ1n) is 16.5. The number of rotatable bonds is 6. The van der Waals surface area contributed by atoms with E-state index in [1.54, 1.807) is 0 Å². The van der Waals surface area contributed by atoms with Crippen LogP contribution in [0.25, 0.3) is 83.3 Å². The highest BCUT2D eigenvalue weighted by atomic mass is 127. The van der Waals surface area contributed by atoms with E-state index in [1.807, 2.05) is 6.07 Å². The van der Waals surface area contributed by atoms with Gasteiger partial charge in [-0.05, 0) is 68.6 Å². The number of halogens is 1. The summed E-state index contributed by atoms with van der Waals surface area (Å²) >= 11 is -0.0157. The van der Waals surface area contributed by atoms with Crippen molar-refractivity contribution in [1.82, 2.24) is 19.5 Å². The lowest BCUT2D eigenvalue weighted by Gasteiger charge is -2.12. The molecule has 8 aromatic rings. The van der Waals surface area contributed by atoms with Crippen LogP contribution in [0.1, 0.15) is 12.6 Å². The molecule has 3 aromatic heterocycles. The molecule has 0 saturated heterocycles. The minimum atomic E-state index is -0.0157. The lowest BCUT2D eigenvalue weighted by molar-refractivity contribution is 0.829. The van der Waals surface area contributed by atoms with E-state index in [4.69, 9.17) is 15.0 Å². The van der Waals surface area contributed by atoms with Crippen molar-refractivity contribution in [2.24, 2.45) is 0 Å². The number of para-hydroxylation sites is 1. The molecule has 49 heavy (non-hydrogen) atoms. The molecule has 0 aliphatic carbocycles. The highest BCUT2D eigenvalue weighted by Gasteiger charge is 2.15. The largest absolute Gasteiger partial charge is 0.339 e. The van der Waals surface area contributed by atoms with Gasteiger partial charge in [0.25, 0.3) is 0 Å². The number of aromatic nitrogens is 4. The van der Waals surface area contributed by atoms with Crippen molar-refractivity contribution in [3.05, 3.63) is 155 Å². The van der Waals surface area contributed by atoms with Gasteiger partial charge < -0.3 is 4.57 Å². The van der Waals surface area contributed by atoms with Gasteiger partial charge in [0.05, 0.1) is 28.1 Å². The van der Waals surface area contributed by atoms with Crippen LogP contribution in [-0.4, -0.2) is 23.5 Å². The number of allylic oxidation sites excluding steroid dienone is 3. The number of hydrogen-bond donors (Lipinski definition) is 0. The number of aryl methyl sites for hydroxylation is 1. The van der Waals surface area contributed by atoms with E-state index in [1.165, 1.54) is 21.8 Å². The van der Waals surface area contributed by atoms with Gasteiger partial charge in [-0.1, -0.05) is 124 Å². The van der Waals surface area contributed by atoms with Gasteiger partial charge in [0, 0.05) is 50.5 Å². The summed E-state index contributed by atoms with van der Waals surface area (Å²) in [5.41, 5.74) is 12.8. The van der Waals surface area contributed by atoms with Crippen LogP contribution in [0.3, 0.4) is 0 Å². The monoisotopic (exact) mass is 742 g/mol. The third-order valence-corrected chi connectivity index (χ3v) is 10.8. The van der Waals surface area contributed by atoms with Gasteiger partial charge in [0.15, 0.2) is 5.82 Å². The second-order valence-corrected chi connectivity index (χ2v) is 14.3. The Bertz CT molecular complexity index is 2650. The third-order valence-electron chi connectivity index (χ3n) is 9.24. The van der Waals surface area contributed by atoms with Crippen LogP contribution in [0.2, 0.25) is 0 Å². The molecule has 0 fully saturated rings. The van der Waals surface area contributed by atoms with Gasteiger partial charge in [0.2, 0.25) is 0 Å². The summed E-state index contributed by atoms with van der Waals surface area (Å²) in [6.45, 7) is 3.09. The summed E-state index contributed by atoms with van der Waals surface area (Å²) < 4.78 is 6.96. The van der Waals surface area contributed by atoms with Gasteiger partial charge in [-0.25, -0.2) is 15.0 Å². The molecule has 0 amide bonds. The molecule has 1 aliphatic heterocycles. The van der Waals surface area contributed by atoms with Crippen molar-refractivity contribution in [3.63, 3.8) is 0 Å². The average molecular weight is 743 g/mol. The van der Waals surface area contributed by atoms with Crippen LogP contribution < -0.4 is 0 Å². The molecule has 234 valence electrons. The van der Waals surface area contributed by atoms with Gasteiger partial charge >= 0.3 is 0 Å². The highest BCUT2D eigenvalue weighted by Crippen LogP contribution is 2.36. The van der Waals surface area contributed by atoms with Crippen LogP contribution in [-0.2, 0) is 6.54 Å². The second kappa shape index (κ2) is 12.5. The Labute approximate surface area is 294 Å². The van der Waals surface area contributed by atoms with Crippen LogP contribution in [0.5, 0.6) is 0 Å². The van der Waals surface area contributed by atoms with Gasteiger partial charge in [-0.15, -0.1) is 0 Å². The van der Waals surface area contributed by atoms with Crippen LogP contribution in [0, 0.1) is 0 Å². The molecule has 4 heterocycles. The Morgan fingerprint density at radius 2 is 1.29 bits per heavy atom. The Kier molecular flexibility index (Phi) is 7.54. The number of benzene rings is 5. The molecule has 0 N–H and O–H groups in total. The molecular formula is C44H31IN4. The van der Waals surface area contributed by atoms with Crippen molar-refractivity contribution >= 4 is 63.0 Å². The zero-order chi connectivity index (χ0) is 32.7. The topological polar surface area (TPSA) is 43.6 Å². The predicted molar refractivity (Wildman–Crippen MR) is 215 cm³/mol. The predicted octanol–water partition coefficient (Wildman–Crippen LogP) is 11.5. The Balaban J connectivity index is 1.13. The fourth-order valence-electron chi connectivity index (χ4n) is 6.86. The summed E-state index contributed by atoms with van der Waals surface area (Å²) in [6, 6.07) is 47.1. The van der Waals surface area contributed by atoms with Crippen molar-refractivity contribution in [3.8, 4) is 45.0 Å². The van der Waals surface area contributed by atoms with Crippen molar-refractivity contribution in [2.45, 2.75) is 13.5 Å². The molecule has 0 atom stereocenters. The summed E-state index contributed by atoms with van der Waals surface area (Å²) in [4.78, 5) is 15.5. The first-order chi connectivity index (χ1) is 24.2. The standard InChI is InChI=1S/C44H31IN4/c1-2-49-41-17-7-6-16-36(41)37-20-18-31-19-21-38(46-42(31)43(37)49)34-14-8-12-32(26-34)33-13-9-15-35(27-33)44-47-39(29-10-4-3-5-11-29)28-40(48-44)30-22-24-45-25-23-30/h3-28H,2H2,1H3. The minimum Gasteiger partial charge on any atom is -0.339 e. The number of pyridine rings is 1. The zero-order valence-corrected chi connectivity index (χ0v) is 29.0. The van der Waals surface area contributed by atoms with Crippen LogP contribution in [0.4, 0.5) is 0 Å². The molecule has 0 saturated carbocycles. The molecule has 0 spiro atoms. The van der Waals surface area contributed by atoms with E-state index in [0.717, 1.165) is 73.7 Å². The summed E-state index contributed by atoms with van der Waals surface area (Å²) in [5, 5.41) is 3.67. The van der Waals surface area contributed by atoms with E-state index in [2.05, 4.69) is 159 Å². The Morgan fingerprint density at radius 1 is 0.571 bits per heavy atom.